The molecule has 0 aliphatic carbocycles. The molecule has 2 heteroatoms. The fourth-order valence-electron chi connectivity index (χ4n) is 3.54. The van der Waals surface area contributed by atoms with Crippen LogP contribution in [0.3, 0.4) is 0 Å². The van der Waals surface area contributed by atoms with E-state index in [1.807, 2.05) is 12.1 Å². The van der Waals surface area contributed by atoms with E-state index in [4.69, 9.17) is 11.6 Å². The lowest BCUT2D eigenvalue weighted by atomic mass is 9.66. The first-order chi connectivity index (χ1) is 9.41. The van der Waals surface area contributed by atoms with Gasteiger partial charge in [-0.25, -0.2) is 0 Å². The minimum atomic E-state index is 0.00985. The lowest BCUT2D eigenvalue weighted by molar-refractivity contribution is 0.378. The lowest BCUT2D eigenvalue weighted by Crippen LogP contribution is -2.45. The summed E-state index contributed by atoms with van der Waals surface area (Å²) < 4.78 is 0. The third kappa shape index (κ3) is 2.20. The number of rotatable bonds is 1. The van der Waals surface area contributed by atoms with Gasteiger partial charge >= 0.3 is 0 Å². The monoisotopic (exact) mass is 285 g/mol. The zero-order valence-electron chi connectivity index (χ0n) is 12.2. The smallest absolute Gasteiger partial charge is 0.0406 e. The Morgan fingerprint density at radius 1 is 0.950 bits per heavy atom. The topological polar surface area (TPSA) is 12.0 Å². The molecule has 2 aromatic carbocycles. The van der Waals surface area contributed by atoms with Crippen LogP contribution in [0.1, 0.15) is 38.3 Å². The molecule has 0 radical (unpaired) electrons. The Morgan fingerprint density at radius 2 is 1.60 bits per heavy atom. The van der Waals surface area contributed by atoms with Gasteiger partial charge in [0.25, 0.3) is 0 Å². The molecule has 0 saturated carbocycles. The molecule has 0 aromatic heterocycles. The van der Waals surface area contributed by atoms with Gasteiger partial charge in [0, 0.05) is 21.7 Å². The van der Waals surface area contributed by atoms with Crippen LogP contribution in [-0.4, -0.2) is 5.54 Å². The van der Waals surface area contributed by atoms with Gasteiger partial charge < -0.3 is 5.32 Å². The standard InChI is InChI=1S/C18H20ClN/c1-17(2)12-18(3,13-8-10-14(19)11-9-13)15-6-4-5-7-16(15)20-17/h4-11,20H,12H2,1-3H3. The van der Waals surface area contributed by atoms with Crippen molar-refractivity contribution < 1.29 is 0 Å². The second-order valence-corrected chi connectivity index (χ2v) is 7.01. The molecule has 1 N–H and O–H groups in total. The molecule has 104 valence electrons. The van der Waals surface area contributed by atoms with Crippen molar-refractivity contribution in [1.82, 2.24) is 0 Å². The Labute approximate surface area is 126 Å². The summed E-state index contributed by atoms with van der Waals surface area (Å²) in [4.78, 5) is 0. The highest BCUT2D eigenvalue weighted by Gasteiger charge is 2.41. The highest BCUT2D eigenvalue weighted by Crippen LogP contribution is 2.47. The molecule has 3 rings (SSSR count). The van der Waals surface area contributed by atoms with Gasteiger partial charge in [-0.3, -0.25) is 0 Å². The van der Waals surface area contributed by atoms with Gasteiger partial charge in [0.2, 0.25) is 0 Å². The second kappa shape index (κ2) is 4.53. The quantitative estimate of drug-likeness (QED) is 0.755. The van der Waals surface area contributed by atoms with Crippen LogP contribution in [0.4, 0.5) is 5.69 Å². The second-order valence-electron chi connectivity index (χ2n) is 6.57. The van der Waals surface area contributed by atoms with Gasteiger partial charge in [-0.05, 0) is 49.6 Å². The summed E-state index contributed by atoms with van der Waals surface area (Å²) in [6, 6.07) is 16.9. The SMILES string of the molecule is CC1(C)CC(C)(c2ccc(Cl)cc2)c2ccccc2N1. The Kier molecular flexibility index (Phi) is 3.06. The summed E-state index contributed by atoms with van der Waals surface area (Å²) in [5.74, 6) is 0. The average Bonchev–Trinajstić information content (AvgIpc) is 2.38. The predicted molar refractivity (Wildman–Crippen MR) is 86.7 cm³/mol. The van der Waals surface area contributed by atoms with E-state index in [9.17, 15) is 0 Å². The van der Waals surface area contributed by atoms with E-state index in [0.717, 1.165) is 11.4 Å². The molecule has 0 bridgehead atoms. The van der Waals surface area contributed by atoms with Crippen molar-refractivity contribution >= 4 is 17.3 Å². The first-order valence-electron chi connectivity index (χ1n) is 7.04. The van der Waals surface area contributed by atoms with Gasteiger partial charge in [-0.1, -0.05) is 48.9 Å². The number of hydrogen-bond acceptors (Lipinski definition) is 1. The summed E-state index contributed by atoms with van der Waals surface area (Å²) >= 11 is 6.04. The number of fused-ring (bicyclic) bond motifs is 1. The molecule has 1 aliphatic rings. The zero-order chi connectivity index (χ0) is 14.4. The highest BCUT2D eigenvalue weighted by atomic mass is 35.5. The van der Waals surface area contributed by atoms with Gasteiger partial charge in [0.15, 0.2) is 0 Å². The highest BCUT2D eigenvalue weighted by molar-refractivity contribution is 6.30. The minimum Gasteiger partial charge on any atom is -0.380 e. The molecule has 2 aromatic rings. The van der Waals surface area contributed by atoms with Crippen LogP contribution >= 0.6 is 11.6 Å². The molecule has 0 saturated heterocycles. The molecule has 0 amide bonds. The van der Waals surface area contributed by atoms with Crippen molar-refractivity contribution in [3.63, 3.8) is 0 Å². The van der Waals surface area contributed by atoms with Crippen molar-refractivity contribution in [2.24, 2.45) is 0 Å². The van der Waals surface area contributed by atoms with E-state index in [-0.39, 0.29) is 11.0 Å². The maximum atomic E-state index is 6.04. The fourth-order valence-corrected chi connectivity index (χ4v) is 3.66. The number of anilines is 1. The van der Waals surface area contributed by atoms with Crippen LogP contribution in [0, 0.1) is 0 Å². The maximum Gasteiger partial charge on any atom is 0.0406 e. The number of halogens is 1. The van der Waals surface area contributed by atoms with E-state index in [1.165, 1.54) is 16.8 Å². The van der Waals surface area contributed by atoms with Gasteiger partial charge in [0.05, 0.1) is 0 Å². The van der Waals surface area contributed by atoms with Gasteiger partial charge in [-0.2, -0.15) is 0 Å². The molecule has 1 nitrogen and oxygen atoms in total. The fraction of sp³-hybridized carbons (Fsp3) is 0.333. The molecule has 20 heavy (non-hydrogen) atoms. The van der Waals surface area contributed by atoms with Crippen molar-refractivity contribution in [3.8, 4) is 0 Å². The number of benzene rings is 2. The number of para-hydroxylation sites is 1. The summed E-state index contributed by atoms with van der Waals surface area (Å²) in [5.41, 5.74) is 4.00. The minimum absolute atomic E-state index is 0.00985. The van der Waals surface area contributed by atoms with Crippen LogP contribution in [0.25, 0.3) is 0 Å². The molecule has 1 heterocycles. The van der Waals surface area contributed by atoms with Crippen LogP contribution in [0.15, 0.2) is 48.5 Å². The summed E-state index contributed by atoms with van der Waals surface area (Å²) in [5, 5.41) is 4.44. The van der Waals surface area contributed by atoms with E-state index < -0.39 is 0 Å². The third-order valence-electron chi connectivity index (χ3n) is 4.27. The van der Waals surface area contributed by atoms with Crippen LogP contribution in [0.2, 0.25) is 5.02 Å². The van der Waals surface area contributed by atoms with Crippen molar-refractivity contribution in [2.75, 3.05) is 5.32 Å². The molecule has 1 unspecified atom stereocenters. The summed E-state index contributed by atoms with van der Waals surface area (Å²) in [6.07, 6.45) is 1.05. The zero-order valence-corrected chi connectivity index (χ0v) is 13.0. The van der Waals surface area contributed by atoms with E-state index >= 15 is 0 Å². The Hall–Kier alpha value is -1.47. The molecule has 1 atom stereocenters. The van der Waals surface area contributed by atoms with E-state index in [1.54, 1.807) is 0 Å². The predicted octanol–water partition coefficient (Wildman–Crippen LogP) is 5.24. The van der Waals surface area contributed by atoms with Crippen LogP contribution in [-0.2, 0) is 5.41 Å². The molecular weight excluding hydrogens is 266 g/mol. The first-order valence-corrected chi connectivity index (χ1v) is 7.42. The van der Waals surface area contributed by atoms with Gasteiger partial charge in [-0.15, -0.1) is 0 Å². The first kappa shape index (κ1) is 13.5. The molecule has 1 aliphatic heterocycles. The Balaban J connectivity index is 2.18. The normalized spacial score (nSPS) is 23.8. The molecule has 0 spiro atoms. The van der Waals surface area contributed by atoms with Crippen molar-refractivity contribution in [3.05, 3.63) is 64.7 Å². The van der Waals surface area contributed by atoms with Crippen molar-refractivity contribution in [1.29, 1.82) is 0 Å². The Bertz CT molecular complexity index is 630. The maximum absolute atomic E-state index is 6.04. The summed E-state index contributed by atoms with van der Waals surface area (Å²) in [6.45, 7) is 6.85. The summed E-state index contributed by atoms with van der Waals surface area (Å²) in [7, 11) is 0. The van der Waals surface area contributed by atoms with Crippen molar-refractivity contribution in [2.45, 2.75) is 38.1 Å². The van der Waals surface area contributed by atoms with Crippen LogP contribution in [0.5, 0.6) is 0 Å². The Morgan fingerprint density at radius 3 is 2.30 bits per heavy atom. The molecular formula is C18H20ClN. The van der Waals surface area contributed by atoms with Crippen LogP contribution < -0.4 is 5.32 Å². The van der Waals surface area contributed by atoms with E-state index in [0.29, 0.717) is 0 Å². The van der Waals surface area contributed by atoms with E-state index in [2.05, 4.69) is 62.5 Å². The lowest BCUT2D eigenvalue weighted by Gasteiger charge is -2.45. The average molecular weight is 286 g/mol. The number of nitrogens with one attached hydrogen (secondary N) is 1. The third-order valence-corrected chi connectivity index (χ3v) is 4.52. The molecule has 0 fully saturated rings. The van der Waals surface area contributed by atoms with Gasteiger partial charge in [0.1, 0.15) is 0 Å². The largest absolute Gasteiger partial charge is 0.380 e. The number of hydrogen-bond donors (Lipinski definition) is 1.